The molecule has 1 N–H and O–H groups in total. The maximum atomic E-state index is 12.0. The number of anilines is 1. The Labute approximate surface area is 89.7 Å². The van der Waals surface area contributed by atoms with Gasteiger partial charge in [-0.25, -0.2) is 0 Å². The Balaban J connectivity index is 2.24. The van der Waals surface area contributed by atoms with Crippen LogP contribution in [0.5, 0.6) is 0 Å². The van der Waals surface area contributed by atoms with Crippen LogP contribution in [0.4, 0.5) is 5.69 Å². The number of hydrogen-bond donors (Lipinski definition) is 1. The number of benzene rings is 1. The molecule has 1 amide bonds. The molecule has 1 unspecified atom stereocenters. The van der Waals surface area contributed by atoms with Gasteiger partial charge < -0.3 is 5.32 Å². The zero-order valence-corrected chi connectivity index (χ0v) is 9.13. The van der Waals surface area contributed by atoms with E-state index in [0.717, 1.165) is 18.5 Å². The Morgan fingerprint density at radius 3 is 3.00 bits per heavy atom. The van der Waals surface area contributed by atoms with Crippen LogP contribution in [-0.4, -0.2) is 5.91 Å². The molecule has 0 saturated carbocycles. The van der Waals surface area contributed by atoms with Gasteiger partial charge in [0.1, 0.15) is 0 Å². The summed E-state index contributed by atoms with van der Waals surface area (Å²) in [5, 5.41) is 3.02. The van der Waals surface area contributed by atoms with Crippen molar-refractivity contribution in [2.24, 2.45) is 5.41 Å². The van der Waals surface area contributed by atoms with Crippen LogP contribution in [0.3, 0.4) is 0 Å². The summed E-state index contributed by atoms with van der Waals surface area (Å²) in [6.07, 6.45) is 2.24. The van der Waals surface area contributed by atoms with Gasteiger partial charge >= 0.3 is 0 Å². The monoisotopic (exact) mass is 201 g/mol. The minimum Gasteiger partial charge on any atom is -0.325 e. The molecule has 1 aliphatic heterocycles. The van der Waals surface area contributed by atoms with Crippen molar-refractivity contribution < 1.29 is 4.79 Å². The number of aryl methyl sites for hydroxylation is 1. The van der Waals surface area contributed by atoms with Crippen molar-refractivity contribution in [1.29, 1.82) is 0 Å². The zero-order chi connectivity index (χ0) is 10.6. The molecule has 0 saturated heterocycles. The lowest BCUT2D eigenvalue weighted by atomic mass is 9.72. The van der Waals surface area contributed by atoms with Crippen molar-refractivity contribution in [1.82, 2.24) is 0 Å². The van der Waals surface area contributed by atoms with E-state index in [-0.39, 0.29) is 11.3 Å². The Kier molecular flexibility index (Phi) is 1.57. The number of hydrogen-bond acceptors (Lipinski definition) is 1. The van der Waals surface area contributed by atoms with Crippen LogP contribution in [-0.2, 0) is 11.2 Å². The van der Waals surface area contributed by atoms with Crippen LogP contribution < -0.4 is 5.32 Å². The smallest absolute Gasteiger partial charge is 0.230 e. The first-order chi connectivity index (χ1) is 7.10. The highest BCUT2D eigenvalue weighted by atomic mass is 16.2. The summed E-state index contributed by atoms with van der Waals surface area (Å²) in [4.78, 5) is 12.0. The molecule has 0 spiro atoms. The molecule has 78 valence electrons. The van der Waals surface area contributed by atoms with Crippen molar-refractivity contribution >= 4 is 11.6 Å². The molecule has 0 fully saturated rings. The highest BCUT2D eigenvalue weighted by molar-refractivity contribution is 5.99. The molecule has 2 heteroatoms. The number of rotatable bonds is 0. The number of carbonyl (C=O) groups is 1. The molecular formula is C13H15NO. The SMILES string of the molecule is CC1(C)C(=O)Nc2cccc3c2C1CC3. The molecular weight excluding hydrogens is 186 g/mol. The minimum atomic E-state index is -0.250. The molecule has 3 rings (SSSR count). The molecule has 1 aliphatic carbocycles. The van der Waals surface area contributed by atoms with Crippen molar-refractivity contribution in [2.45, 2.75) is 32.6 Å². The molecule has 1 heterocycles. The average Bonchev–Trinajstić information content (AvgIpc) is 2.61. The van der Waals surface area contributed by atoms with E-state index >= 15 is 0 Å². The Bertz CT molecular complexity index is 448. The summed E-state index contributed by atoms with van der Waals surface area (Å²) < 4.78 is 0. The number of amides is 1. The summed E-state index contributed by atoms with van der Waals surface area (Å²) in [7, 11) is 0. The van der Waals surface area contributed by atoms with E-state index in [1.807, 2.05) is 12.1 Å². The van der Waals surface area contributed by atoms with Crippen LogP contribution in [0, 0.1) is 5.41 Å². The van der Waals surface area contributed by atoms with Gasteiger partial charge in [-0.2, -0.15) is 0 Å². The summed E-state index contributed by atoms with van der Waals surface area (Å²) >= 11 is 0. The standard InChI is InChI=1S/C13H15NO/c1-13(2)9-7-6-8-4-3-5-10(11(8)9)14-12(13)15/h3-5,9H,6-7H2,1-2H3,(H,14,15). The molecule has 1 aromatic rings. The zero-order valence-electron chi connectivity index (χ0n) is 9.13. The van der Waals surface area contributed by atoms with Gasteiger partial charge in [0.25, 0.3) is 0 Å². The normalized spacial score (nSPS) is 26.0. The van der Waals surface area contributed by atoms with Gasteiger partial charge in [0.15, 0.2) is 0 Å². The van der Waals surface area contributed by atoms with Gasteiger partial charge in [-0.1, -0.05) is 26.0 Å². The summed E-state index contributed by atoms with van der Waals surface area (Å²) in [6, 6.07) is 6.24. The van der Waals surface area contributed by atoms with Crippen molar-refractivity contribution in [3.63, 3.8) is 0 Å². The van der Waals surface area contributed by atoms with Gasteiger partial charge in [0.2, 0.25) is 5.91 Å². The highest BCUT2D eigenvalue weighted by Crippen LogP contribution is 2.51. The summed E-state index contributed by atoms with van der Waals surface area (Å²) in [5.41, 5.74) is 3.60. The van der Waals surface area contributed by atoms with Crippen molar-refractivity contribution in [3.05, 3.63) is 29.3 Å². The van der Waals surface area contributed by atoms with E-state index in [1.54, 1.807) is 0 Å². The van der Waals surface area contributed by atoms with Crippen molar-refractivity contribution in [3.8, 4) is 0 Å². The third-order valence-corrected chi connectivity index (χ3v) is 3.95. The minimum absolute atomic E-state index is 0.166. The van der Waals surface area contributed by atoms with Crippen LogP contribution in [0.15, 0.2) is 18.2 Å². The molecule has 2 aliphatic rings. The summed E-state index contributed by atoms with van der Waals surface area (Å²) in [5.74, 6) is 0.580. The Hall–Kier alpha value is -1.31. The average molecular weight is 201 g/mol. The molecule has 0 aromatic heterocycles. The molecule has 2 nitrogen and oxygen atoms in total. The second-order valence-electron chi connectivity index (χ2n) is 5.15. The third-order valence-electron chi connectivity index (χ3n) is 3.95. The Morgan fingerprint density at radius 1 is 1.40 bits per heavy atom. The summed E-state index contributed by atoms with van der Waals surface area (Å²) in [6.45, 7) is 4.11. The van der Waals surface area contributed by atoms with E-state index in [2.05, 4.69) is 25.2 Å². The van der Waals surface area contributed by atoms with Gasteiger partial charge in [-0.3, -0.25) is 4.79 Å². The van der Waals surface area contributed by atoms with E-state index < -0.39 is 0 Å². The topological polar surface area (TPSA) is 29.1 Å². The van der Waals surface area contributed by atoms with Crippen molar-refractivity contribution in [2.75, 3.05) is 5.32 Å². The lowest BCUT2D eigenvalue weighted by Gasteiger charge is -2.36. The van der Waals surface area contributed by atoms with E-state index in [4.69, 9.17) is 0 Å². The van der Waals surface area contributed by atoms with Crippen LogP contribution in [0.25, 0.3) is 0 Å². The first-order valence-electron chi connectivity index (χ1n) is 5.54. The fraction of sp³-hybridized carbons (Fsp3) is 0.462. The fourth-order valence-corrected chi connectivity index (χ4v) is 2.96. The van der Waals surface area contributed by atoms with E-state index in [9.17, 15) is 4.79 Å². The maximum absolute atomic E-state index is 12.0. The van der Waals surface area contributed by atoms with Gasteiger partial charge in [0, 0.05) is 11.6 Å². The number of carbonyl (C=O) groups excluding carboxylic acids is 1. The van der Waals surface area contributed by atoms with Crippen LogP contribution in [0.2, 0.25) is 0 Å². The largest absolute Gasteiger partial charge is 0.325 e. The molecule has 1 atom stereocenters. The van der Waals surface area contributed by atoms with E-state index in [1.165, 1.54) is 11.1 Å². The quantitative estimate of drug-likeness (QED) is 0.687. The number of nitrogens with one attached hydrogen (secondary N) is 1. The molecule has 0 bridgehead atoms. The van der Waals surface area contributed by atoms with Crippen LogP contribution in [0.1, 0.15) is 37.3 Å². The molecule has 0 radical (unpaired) electrons. The second kappa shape index (κ2) is 2.63. The predicted octanol–water partition coefficient (Wildman–Crippen LogP) is 2.69. The first-order valence-corrected chi connectivity index (χ1v) is 5.54. The predicted molar refractivity (Wildman–Crippen MR) is 59.9 cm³/mol. The molecule has 1 aromatic carbocycles. The first kappa shape index (κ1) is 8.96. The highest BCUT2D eigenvalue weighted by Gasteiger charge is 2.45. The van der Waals surface area contributed by atoms with E-state index in [0.29, 0.717) is 5.92 Å². The maximum Gasteiger partial charge on any atom is 0.230 e. The van der Waals surface area contributed by atoms with Crippen LogP contribution >= 0.6 is 0 Å². The van der Waals surface area contributed by atoms with Gasteiger partial charge in [-0.15, -0.1) is 0 Å². The van der Waals surface area contributed by atoms with Gasteiger partial charge in [0.05, 0.1) is 5.41 Å². The molecule has 15 heavy (non-hydrogen) atoms. The fourth-order valence-electron chi connectivity index (χ4n) is 2.96. The second-order valence-corrected chi connectivity index (χ2v) is 5.15. The Morgan fingerprint density at radius 2 is 2.20 bits per heavy atom. The third kappa shape index (κ3) is 1.02. The lowest BCUT2D eigenvalue weighted by molar-refractivity contribution is -0.125. The van der Waals surface area contributed by atoms with Gasteiger partial charge in [-0.05, 0) is 30.0 Å². The lowest BCUT2D eigenvalue weighted by Crippen LogP contribution is -2.39.